The summed E-state index contributed by atoms with van der Waals surface area (Å²) in [5.74, 6) is -0.350. The van der Waals surface area contributed by atoms with E-state index in [0.717, 1.165) is 16.6 Å². The first-order chi connectivity index (χ1) is 10.6. The molecule has 3 N–H and O–H groups in total. The van der Waals surface area contributed by atoms with Crippen LogP contribution in [0.2, 0.25) is 0 Å². The lowest BCUT2D eigenvalue weighted by Crippen LogP contribution is -2.13. The van der Waals surface area contributed by atoms with Crippen molar-refractivity contribution in [2.24, 2.45) is 5.73 Å². The van der Waals surface area contributed by atoms with Crippen LogP contribution in [0.15, 0.2) is 52.9 Å². The van der Waals surface area contributed by atoms with Gasteiger partial charge in [0.2, 0.25) is 5.89 Å². The van der Waals surface area contributed by atoms with Gasteiger partial charge >= 0.3 is 5.97 Å². The minimum atomic E-state index is -0.852. The van der Waals surface area contributed by atoms with Gasteiger partial charge in [0.1, 0.15) is 5.52 Å². The first kappa shape index (κ1) is 14.3. The quantitative estimate of drug-likeness (QED) is 0.753. The maximum absolute atomic E-state index is 10.7. The summed E-state index contributed by atoms with van der Waals surface area (Å²) in [5.41, 5.74) is 9.29. The lowest BCUT2D eigenvalue weighted by molar-refractivity contribution is -0.137. The third kappa shape index (κ3) is 2.84. The van der Waals surface area contributed by atoms with Crippen LogP contribution in [0.5, 0.6) is 0 Å². The molecule has 0 bridgehead atoms. The lowest BCUT2D eigenvalue weighted by atomic mass is 9.97. The van der Waals surface area contributed by atoms with E-state index < -0.39 is 5.97 Å². The van der Waals surface area contributed by atoms with E-state index in [9.17, 15) is 4.79 Å². The van der Waals surface area contributed by atoms with E-state index in [2.05, 4.69) is 4.98 Å². The van der Waals surface area contributed by atoms with Gasteiger partial charge < -0.3 is 15.3 Å². The molecule has 0 aliphatic carbocycles. The predicted molar refractivity (Wildman–Crippen MR) is 83.2 cm³/mol. The smallest absolute Gasteiger partial charge is 0.303 e. The second kappa shape index (κ2) is 5.99. The summed E-state index contributed by atoms with van der Waals surface area (Å²) in [6.07, 6.45) is 0.398. The fraction of sp³-hybridized carbons (Fsp3) is 0.176. The fourth-order valence-corrected chi connectivity index (χ4v) is 2.44. The third-order valence-electron chi connectivity index (χ3n) is 3.55. The molecule has 1 atom stereocenters. The number of nitrogens with two attached hydrogens (primary N) is 1. The molecule has 1 heterocycles. The summed E-state index contributed by atoms with van der Waals surface area (Å²) >= 11 is 0. The zero-order valence-electron chi connectivity index (χ0n) is 11.9. The maximum Gasteiger partial charge on any atom is 0.303 e. The van der Waals surface area contributed by atoms with Gasteiger partial charge in [-0.05, 0) is 30.2 Å². The minimum absolute atomic E-state index is 0.0308. The second-order valence-electron chi connectivity index (χ2n) is 5.11. The monoisotopic (exact) mass is 296 g/mol. The molecular formula is C17H16N2O3. The average molecular weight is 296 g/mol. The molecule has 22 heavy (non-hydrogen) atoms. The number of carboxylic acids is 1. The summed E-state index contributed by atoms with van der Waals surface area (Å²) in [7, 11) is 0. The van der Waals surface area contributed by atoms with Crippen molar-refractivity contribution in [2.45, 2.75) is 18.9 Å². The average Bonchev–Trinajstić information content (AvgIpc) is 2.96. The molecule has 0 spiro atoms. The number of hydrogen-bond donors (Lipinski definition) is 2. The highest BCUT2D eigenvalue weighted by Crippen LogP contribution is 2.30. The molecule has 1 unspecified atom stereocenters. The molecule has 3 aromatic rings. The first-order valence-corrected chi connectivity index (χ1v) is 7.07. The second-order valence-corrected chi connectivity index (χ2v) is 5.11. The number of carboxylic acid groups (broad SMARTS) is 1. The Balaban J connectivity index is 1.98. The molecule has 0 aliphatic rings. The molecule has 3 rings (SSSR count). The Morgan fingerprint density at radius 3 is 2.68 bits per heavy atom. The number of benzene rings is 2. The van der Waals surface area contributed by atoms with Crippen LogP contribution >= 0.6 is 0 Å². The normalized spacial score (nSPS) is 12.4. The van der Waals surface area contributed by atoms with Crippen molar-refractivity contribution in [3.8, 4) is 11.5 Å². The van der Waals surface area contributed by atoms with Crippen molar-refractivity contribution in [1.82, 2.24) is 4.98 Å². The summed E-state index contributed by atoms with van der Waals surface area (Å²) < 4.78 is 5.79. The number of rotatable bonds is 5. The van der Waals surface area contributed by atoms with E-state index in [1.54, 1.807) is 0 Å². The van der Waals surface area contributed by atoms with Crippen LogP contribution in [-0.2, 0) is 4.79 Å². The van der Waals surface area contributed by atoms with E-state index >= 15 is 0 Å². The van der Waals surface area contributed by atoms with E-state index in [4.69, 9.17) is 15.3 Å². The third-order valence-corrected chi connectivity index (χ3v) is 3.55. The number of aliphatic carboxylic acids is 1. The topological polar surface area (TPSA) is 89.4 Å². The Labute approximate surface area is 127 Å². The van der Waals surface area contributed by atoms with Gasteiger partial charge in [-0.15, -0.1) is 0 Å². The summed E-state index contributed by atoms with van der Waals surface area (Å²) in [6.45, 7) is 0. The number of hydrogen-bond acceptors (Lipinski definition) is 4. The van der Waals surface area contributed by atoms with Crippen LogP contribution in [0, 0.1) is 0 Å². The number of aromatic nitrogens is 1. The predicted octanol–water partition coefficient (Wildman–Crippen LogP) is 3.36. The molecule has 0 amide bonds. The Morgan fingerprint density at radius 1 is 1.18 bits per heavy atom. The number of carbonyl (C=O) groups is 1. The molecular weight excluding hydrogens is 280 g/mol. The Morgan fingerprint density at radius 2 is 1.91 bits per heavy atom. The molecule has 2 aromatic carbocycles. The summed E-state index contributed by atoms with van der Waals surface area (Å²) in [4.78, 5) is 15.2. The van der Waals surface area contributed by atoms with Crippen molar-refractivity contribution < 1.29 is 14.3 Å². The van der Waals surface area contributed by atoms with Crippen LogP contribution in [0.3, 0.4) is 0 Å². The van der Waals surface area contributed by atoms with E-state index in [-0.39, 0.29) is 12.5 Å². The van der Waals surface area contributed by atoms with Crippen LogP contribution < -0.4 is 5.73 Å². The maximum atomic E-state index is 10.7. The van der Waals surface area contributed by atoms with Crippen molar-refractivity contribution in [3.63, 3.8) is 0 Å². The molecule has 0 saturated carbocycles. The highest BCUT2D eigenvalue weighted by Gasteiger charge is 2.17. The van der Waals surface area contributed by atoms with Crippen molar-refractivity contribution in [1.29, 1.82) is 0 Å². The van der Waals surface area contributed by atoms with Crippen LogP contribution in [0.1, 0.15) is 24.4 Å². The van der Waals surface area contributed by atoms with Gasteiger partial charge in [0.15, 0.2) is 5.58 Å². The fourth-order valence-electron chi connectivity index (χ4n) is 2.44. The van der Waals surface area contributed by atoms with Crippen LogP contribution in [0.4, 0.5) is 0 Å². The number of para-hydroxylation sites is 2. The van der Waals surface area contributed by atoms with Crippen molar-refractivity contribution in [3.05, 3.63) is 54.1 Å². The Bertz CT molecular complexity index is 777. The summed E-state index contributed by atoms with van der Waals surface area (Å²) in [5, 5.41) is 8.80. The number of fused-ring (bicyclic) bond motifs is 1. The van der Waals surface area contributed by atoms with Crippen molar-refractivity contribution >= 4 is 17.1 Å². The molecule has 1 aromatic heterocycles. The standard InChI is InChI=1S/C17H16N2O3/c18-13(9-10-16(20)21)11-5-1-2-6-12(11)17-19-14-7-3-4-8-15(14)22-17/h1-8,13H,9-10,18H2,(H,20,21). The largest absolute Gasteiger partial charge is 0.481 e. The van der Waals surface area contributed by atoms with Crippen molar-refractivity contribution in [2.75, 3.05) is 0 Å². The van der Waals surface area contributed by atoms with Gasteiger partial charge in [0.05, 0.1) is 0 Å². The van der Waals surface area contributed by atoms with Crippen LogP contribution in [0.25, 0.3) is 22.6 Å². The summed E-state index contributed by atoms with van der Waals surface area (Å²) in [6, 6.07) is 14.7. The van der Waals surface area contributed by atoms with E-state index in [1.165, 1.54) is 0 Å². The zero-order valence-corrected chi connectivity index (χ0v) is 11.9. The highest BCUT2D eigenvalue weighted by molar-refractivity contribution is 5.76. The van der Waals surface area contributed by atoms with Gasteiger partial charge in [0, 0.05) is 18.0 Å². The molecule has 5 heteroatoms. The molecule has 0 fully saturated rings. The molecule has 5 nitrogen and oxygen atoms in total. The molecule has 0 saturated heterocycles. The zero-order chi connectivity index (χ0) is 15.5. The van der Waals surface area contributed by atoms with Gasteiger partial charge in [-0.3, -0.25) is 4.79 Å². The number of oxazole rings is 1. The van der Waals surface area contributed by atoms with Crippen LogP contribution in [-0.4, -0.2) is 16.1 Å². The molecule has 0 aliphatic heterocycles. The Kier molecular flexibility index (Phi) is 3.89. The SMILES string of the molecule is NC(CCC(=O)O)c1ccccc1-c1nc2ccccc2o1. The molecule has 0 radical (unpaired) electrons. The first-order valence-electron chi connectivity index (χ1n) is 7.07. The van der Waals surface area contributed by atoms with Gasteiger partial charge in [-0.25, -0.2) is 4.98 Å². The number of nitrogens with zero attached hydrogens (tertiary/aromatic N) is 1. The van der Waals surface area contributed by atoms with E-state index in [0.29, 0.717) is 17.9 Å². The Hall–Kier alpha value is -2.66. The van der Waals surface area contributed by atoms with E-state index in [1.807, 2.05) is 48.5 Å². The lowest BCUT2D eigenvalue weighted by Gasteiger charge is -2.13. The minimum Gasteiger partial charge on any atom is -0.481 e. The molecule has 112 valence electrons. The highest BCUT2D eigenvalue weighted by atomic mass is 16.4. The van der Waals surface area contributed by atoms with Gasteiger partial charge in [-0.1, -0.05) is 30.3 Å². The van der Waals surface area contributed by atoms with Gasteiger partial charge in [-0.2, -0.15) is 0 Å². The van der Waals surface area contributed by atoms with Gasteiger partial charge in [0.25, 0.3) is 0 Å².